The number of carbonyl (C=O) groups excluding carboxylic acids is 1. The SMILES string of the molecule is NC(=S)N(N)C(=O)c1cccc([N+](=O)[O-])c1[N+](=O)[O-]. The molecule has 0 radical (unpaired) electrons. The molecule has 1 amide bonds. The molecule has 0 saturated carbocycles. The highest BCUT2D eigenvalue weighted by atomic mass is 32.1. The Morgan fingerprint density at radius 1 is 1.26 bits per heavy atom. The summed E-state index contributed by atoms with van der Waals surface area (Å²) in [5.74, 6) is 4.10. The number of nitrogens with zero attached hydrogens (tertiary/aromatic N) is 3. The molecule has 19 heavy (non-hydrogen) atoms. The van der Waals surface area contributed by atoms with Gasteiger partial charge in [0.25, 0.3) is 5.91 Å². The number of hydrazine groups is 1. The van der Waals surface area contributed by atoms with Gasteiger partial charge in [0.1, 0.15) is 5.56 Å². The van der Waals surface area contributed by atoms with Crippen molar-refractivity contribution in [1.82, 2.24) is 5.01 Å². The molecule has 0 saturated heterocycles. The fourth-order valence-corrected chi connectivity index (χ4v) is 1.36. The number of carbonyl (C=O) groups is 1. The van der Waals surface area contributed by atoms with Crippen LogP contribution in [0, 0.1) is 20.2 Å². The third kappa shape index (κ3) is 2.78. The molecule has 1 aromatic carbocycles. The second-order valence-corrected chi connectivity index (χ2v) is 3.62. The van der Waals surface area contributed by atoms with Gasteiger partial charge in [-0.15, -0.1) is 0 Å². The maximum Gasteiger partial charge on any atom is 0.358 e. The summed E-state index contributed by atoms with van der Waals surface area (Å²) < 4.78 is 0. The Bertz CT molecular complexity index is 589. The number of nitrogens with two attached hydrogens (primary N) is 2. The standard InChI is InChI=1S/C8H7N5O5S/c9-8(19)11(10)7(14)4-2-1-3-5(12(15)16)6(4)13(17)18/h1-3H,10H2,(H2,9,19). The van der Waals surface area contributed by atoms with Crippen LogP contribution < -0.4 is 11.6 Å². The highest BCUT2D eigenvalue weighted by Gasteiger charge is 2.33. The van der Waals surface area contributed by atoms with Crippen LogP contribution in [0.1, 0.15) is 10.4 Å². The summed E-state index contributed by atoms with van der Waals surface area (Å²) in [6.07, 6.45) is 0. The lowest BCUT2D eigenvalue weighted by molar-refractivity contribution is -0.422. The Morgan fingerprint density at radius 3 is 2.26 bits per heavy atom. The fraction of sp³-hybridized carbons (Fsp3) is 0. The summed E-state index contributed by atoms with van der Waals surface area (Å²) in [5.41, 5.74) is 2.74. The third-order valence-electron chi connectivity index (χ3n) is 2.08. The molecule has 0 fully saturated rings. The molecule has 0 heterocycles. The van der Waals surface area contributed by atoms with E-state index in [1.54, 1.807) is 0 Å². The number of benzene rings is 1. The van der Waals surface area contributed by atoms with Crippen molar-refractivity contribution in [3.63, 3.8) is 0 Å². The molecule has 0 aliphatic heterocycles. The molecule has 0 unspecified atom stereocenters. The van der Waals surface area contributed by atoms with Gasteiger partial charge in [-0.25, -0.2) is 10.9 Å². The molecule has 4 N–H and O–H groups in total. The average Bonchev–Trinajstić information content (AvgIpc) is 2.35. The lowest BCUT2D eigenvalue weighted by Crippen LogP contribution is -2.45. The second-order valence-electron chi connectivity index (χ2n) is 3.20. The first-order valence-electron chi connectivity index (χ1n) is 4.57. The number of amides is 1. The van der Waals surface area contributed by atoms with Crippen LogP contribution in [0.2, 0.25) is 0 Å². The largest absolute Gasteiger partial charge is 0.375 e. The van der Waals surface area contributed by atoms with Crippen molar-refractivity contribution in [2.45, 2.75) is 0 Å². The minimum Gasteiger partial charge on any atom is -0.375 e. The number of nitro groups is 2. The van der Waals surface area contributed by atoms with Crippen LogP contribution in [0.3, 0.4) is 0 Å². The Labute approximate surface area is 110 Å². The zero-order chi connectivity index (χ0) is 14.7. The number of nitro benzene ring substituents is 2. The molecule has 0 bridgehead atoms. The van der Waals surface area contributed by atoms with Crippen molar-refractivity contribution >= 4 is 34.6 Å². The van der Waals surface area contributed by atoms with Crippen molar-refractivity contribution in [2.75, 3.05) is 0 Å². The Balaban J connectivity index is 3.48. The van der Waals surface area contributed by atoms with Gasteiger partial charge in [0.15, 0.2) is 5.11 Å². The summed E-state index contributed by atoms with van der Waals surface area (Å²) in [5, 5.41) is 21.3. The zero-order valence-electron chi connectivity index (χ0n) is 9.18. The van der Waals surface area contributed by atoms with Crippen LogP contribution in [0.15, 0.2) is 18.2 Å². The maximum atomic E-state index is 11.8. The summed E-state index contributed by atoms with van der Waals surface area (Å²) in [6, 6.07) is 3.04. The van der Waals surface area contributed by atoms with Crippen molar-refractivity contribution in [3.8, 4) is 0 Å². The molecule has 1 aromatic rings. The molecule has 0 spiro atoms. The van der Waals surface area contributed by atoms with Crippen molar-refractivity contribution in [1.29, 1.82) is 0 Å². The zero-order valence-corrected chi connectivity index (χ0v) is 9.99. The quantitative estimate of drug-likeness (QED) is 0.259. The van der Waals surface area contributed by atoms with Crippen LogP contribution in [0.25, 0.3) is 0 Å². The van der Waals surface area contributed by atoms with Gasteiger partial charge in [-0.2, -0.15) is 0 Å². The van der Waals surface area contributed by atoms with Crippen LogP contribution in [-0.4, -0.2) is 25.9 Å². The molecule has 1 rings (SSSR count). The fourth-order valence-electron chi connectivity index (χ4n) is 1.27. The van der Waals surface area contributed by atoms with E-state index in [1.165, 1.54) is 0 Å². The minimum absolute atomic E-state index is 0.293. The maximum absolute atomic E-state index is 11.8. The number of rotatable bonds is 3. The van der Waals surface area contributed by atoms with Crippen molar-refractivity contribution in [3.05, 3.63) is 44.0 Å². The predicted molar refractivity (Wildman–Crippen MR) is 66.9 cm³/mol. The van der Waals surface area contributed by atoms with Gasteiger partial charge >= 0.3 is 11.4 Å². The molecule has 10 nitrogen and oxygen atoms in total. The third-order valence-corrected chi connectivity index (χ3v) is 2.28. The lowest BCUT2D eigenvalue weighted by atomic mass is 10.1. The molecule has 0 atom stereocenters. The second kappa shape index (κ2) is 5.32. The van der Waals surface area contributed by atoms with Gasteiger partial charge in [0, 0.05) is 6.07 Å². The summed E-state index contributed by atoms with van der Waals surface area (Å²) in [6.45, 7) is 0. The molecule has 0 aliphatic carbocycles. The van der Waals surface area contributed by atoms with Crippen LogP contribution in [-0.2, 0) is 0 Å². The van der Waals surface area contributed by atoms with Gasteiger partial charge in [0.05, 0.1) is 9.85 Å². The van der Waals surface area contributed by atoms with Crippen LogP contribution >= 0.6 is 12.2 Å². The molecule has 0 aromatic heterocycles. The molecule has 11 heteroatoms. The first kappa shape index (κ1) is 14.4. The summed E-state index contributed by atoms with van der Waals surface area (Å²) in [7, 11) is 0. The van der Waals surface area contributed by atoms with Crippen molar-refractivity contribution < 1.29 is 14.6 Å². The van der Waals surface area contributed by atoms with E-state index in [2.05, 4.69) is 12.2 Å². The summed E-state index contributed by atoms with van der Waals surface area (Å²) in [4.78, 5) is 31.3. The van der Waals surface area contributed by atoms with Crippen LogP contribution in [0.4, 0.5) is 11.4 Å². The molecular weight excluding hydrogens is 278 g/mol. The number of para-hydroxylation sites is 1. The Kier molecular flexibility index (Phi) is 4.04. The van der Waals surface area contributed by atoms with E-state index in [1.807, 2.05) is 0 Å². The Morgan fingerprint density at radius 2 is 1.84 bits per heavy atom. The highest BCUT2D eigenvalue weighted by molar-refractivity contribution is 7.80. The van der Waals surface area contributed by atoms with Crippen LogP contribution in [0.5, 0.6) is 0 Å². The molecule has 0 aliphatic rings. The monoisotopic (exact) mass is 285 g/mol. The van der Waals surface area contributed by atoms with Gasteiger partial charge in [-0.1, -0.05) is 6.07 Å². The molecular formula is C8H7N5O5S. The van der Waals surface area contributed by atoms with Gasteiger partial charge < -0.3 is 5.73 Å². The minimum atomic E-state index is -1.11. The Hall–Kier alpha value is -2.66. The summed E-state index contributed by atoms with van der Waals surface area (Å²) >= 11 is 4.44. The lowest BCUT2D eigenvalue weighted by Gasteiger charge is -2.13. The smallest absolute Gasteiger partial charge is 0.358 e. The predicted octanol–water partition coefficient (Wildman–Crippen LogP) is 0.0625. The first-order valence-corrected chi connectivity index (χ1v) is 4.98. The topological polar surface area (TPSA) is 159 Å². The van der Waals surface area contributed by atoms with E-state index in [-0.39, 0.29) is 0 Å². The average molecular weight is 285 g/mol. The van der Waals surface area contributed by atoms with E-state index in [4.69, 9.17) is 11.6 Å². The van der Waals surface area contributed by atoms with Gasteiger partial charge in [-0.3, -0.25) is 25.0 Å². The normalized spacial score (nSPS) is 9.74. The van der Waals surface area contributed by atoms with E-state index >= 15 is 0 Å². The van der Waals surface area contributed by atoms with E-state index in [9.17, 15) is 25.0 Å². The van der Waals surface area contributed by atoms with Crippen molar-refractivity contribution in [2.24, 2.45) is 11.6 Å². The molecule has 100 valence electrons. The number of hydrogen-bond donors (Lipinski definition) is 2. The van der Waals surface area contributed by atoms with E-state index in [0.29, 0.717) is 5.01 Å². The number of hydrogen-bond acceptors (Lipinski definition) is 7. The van der Waals surface area contributed by atoms with Gasteiger partial charge in [0.2, 0.25) is 0 Å². The number of thiocarbonyl (C=S) groups is 1. The first-order chi connectivity index (χ1) is 8.77. The van der Waals surface area contributed by atoms with E-state index < -0.39 is 37.8 Å². The van der Waals surface area contributed by atoms with E-state index in [0.717, 1.165) is 18.2 Å². The highest BCUT2D eigenvalue weighted by Crippen LogP contribution is 2.30. The van der Waals surface area contributed by atoms with Gasteiger partial charge in [-0.05, 0) is 18.3 Å².